The molecular weight excluding hydrogens is 382 g/mol. The Labute approximate surface area is 178 Å². The molecule has 2 rings (SSSR count). The summed E-state index contributed by atoms with van der Waals surface area (Å²) < 4.78 is 0. The summed E-state index contributed by atoms with van der Waals surface area (Å²) >= 11 is 0. The number of aliphatic carboxylic acids is 1. The second kappa shape index (κ2) is 12.4. The Bertz CT molecular complexity index is 695. The molecule has 30 heavy (non-hydrogen) atoms. The molecule has 1 unspecified atom stereocenters. The minimum atomic E-state index is -1.00. The van der Waals surface area contributed by atoms with Gasteiger partial charge in [-0.15, -0.1) is 0 Å². The van der Waals surface area contributed by atoms with E-state index in [0.29, 0.717) is 25.9 Å². The van der Waals surface area contributed by atoms with Crippen LogP contribution in [0.25, 0.3) is 0 Å². The molecule has 1 aliphatic heterocycles. The second-order valence-corrected chi connectivity index (χ2v) is 8.16. The van der Waals surface area contributed by atoms with Gasteiger partial charge >= 0.3 is 5.97 Å². The van der Waals surface area contributed by atoms with Crippen molar-refractivity contribution in [2.24, 2.45) is 17.4 Å². The molecule has 1 aromatic carbocycles. The summed E-state index contributed by atoms with van der Waals surface area (Å²) in [5, 5.41) is 9.15. The Kier molecular flexibility index (Phi) is 9.97. The fraction of sp³-hybridized carbons (Fsp3) is 0.609. The van der Waals surface area contributed by atoms with Crippen LogP contribution in [0.2, 0.25) is 0 Å². The molecule has 7 heteroatoms. The molecule has 0 aromatic heterocycles. The van der Waals surface area contributed by atoms with Crippen molar-refractivity contribution in [3.8, 4) is 0 Å². The highest BCUT2D eigenvalue weighted by Gasteiger charge is 2.44. The zero-order valence-electron chi connectivity index (χ0n) is 17.7. The normalized spacial score (nSPS) is 19.8. The van der Waals surface area contributed by atoms with Crippen molar-refractivity contribution >= 4 is 17.7 Å². The number of hydrogen-bond acceptors (Lipinski definition) is 5. The molecule has 1 saturated heterocycles. The first-order chi connectivity index (χ1) is 14.4. The Balaban J connectivity index is 1.96. The maximum absolute atomic E-state index is 12.8. The highest BCUT2D eigenvalue weighted by Crippen LogP contribution is 2.30. The average Bonchev–Trinajstić information content (AvgIpc) is 3.03. The molecule has 5 N–H and O–H groups in total. The summed E-state index contributed by atoms with van der Waals surface area (Å²) in [6.45, 7) is 1.13. The number of rotatable bonds is 14. The van der Waals surface area contributed by atoms with Crippen molar-refractivity contribution in [1.29, 1.82) is 0 Å². The summed E-state index contributed by atoms with van der Waals surface area (Å²) in [5.74, 6) is -1.85. The largest absolute Gasteiger partial charge is 0.481 e. The van der Waals surface area contributed by atoms with Crippen LogP contribution < -0.4 is 11.5 Å². The van der Waals surface area contributed by atoms with Crippen molar-refractivity contribution in [3.05, 3.63) is 35.9 Å². The van der Waals surface area contributed by atoms with E-state index in [0.717, 1.165) is 38.5 Å². The van der Waals surface area contributed by atoms with Crippen molar-refractivity contribution < 1.29 is 19.5 Å². The number of benzene rings is 1. The van der Waals surface area contributed by atoms with Gasteiger partial charge in [0.2, 0.25) is 5.91 Å². The first-order valence-corrected chi connectivity index (χ1v) is 11.0. The van der Waals surface area contributed by atoms with Crippen molar-refractivity contribution in [3.63, 3.8) is 0 Å². The number of carbonyl (C=O) groups excluding carboxylic acids is 2. The summed E-state index contributed by atoms with van der Waals surface area (Å²) in [6, 6.07) is 8.80. The van der Waals surface area contributed by atoms with E-state index in [2.05, 4.69) is 0 Å². The Hall–Kier alpha value is -2.25. The number of hydrogen-bond donors (Lipinski definition) is 3. The van der Waals surface area contributed by atoms with Crippen LogP contribution in [0.4, 0.5) is 0 Å². The zero-order chi connectivity index (χ0) is 21.9. The van der Waals surface area contributed by atoms with Gasteiger partial charge in [-0.25, -0.2) is 0 Å². The molecule has 0 radical (unpaired) electrons. The number of carboxylic acid groups (broad SMARTS) is 1. The van der Waals surface area contributed by atoms with Gasteiger partial charge in [-0.3, -0.25) is 14.4 Å². The highest BCUT2D eigenvalue weighted by molar-refractivity contribution is 5.89. The Morgan fingerprint density at radius 3 is 2.47 bits per heavy atom. The maximum Gasteiger partial charge on any atom is 0.304 e. The molecule has 1 aliphatic rings. The van der Waals surface area contributed by atoms with E-state index >= 15 is 0 Å². The van der Waals surface area contributed by atoms with Gasteiger partial charge in [-0.2, -0.15) is 0 Å². The Morgan fingerprint density at radius 1 is 1.10 bits per heavy atom. The number of nitrogens with two attached hydrogens (primary N) is 2. The summed E-state index contributed by atoms with van der Waals surface area (Å²) in [5.41, 5.74) is 13.0. The van der Waals surface area contributed by atoms with E-state index < -0.39 is 24.0 Å². The van der Waals surface area contributed by atoms with Gasteiger partial charge in [-0.05, 0) is 44.2 Å². The van der Waals surface area contributed by atoms with E-state index in [1.54, 1.807) is 4.90 Å². The van der Waals surface area contributed by atoms with Crippen LogP contribution in [-0.2, 0) is 20.8 Å². The van der Waals surface area contributed by atoms with E-state index in [1.807, 2.05) is 30.3 Å². The number of ketones is 1. The molecule has 166 valence electrons. The first-order valence-electron chi connectivity index (χ1n) is 11.0. The molecule has 1 aromatic rings. The van der Waals surface area contributed by atoms with Gasteiger partial charge < -0.3 is 21.5 Å². The van der Waals surface area contributed by atoms with Crippen LogP contribution in [0.15, 0.2) is 30.3 Å². The first kappa shape index (κ1) is 24.0. The molecule has 1 fully saturated rings. The third-order valence-corrected chi connectivity index (χ3v) is 5.85. The maximum atomic E-state index is 12.8. The fourth-order valence-electron chi connectivity index (χ4n) is 4.19. The predicted molar refractivity (Wildman–Crippen MR) is 116 cm³/mol. The summed E-state index contributed by atoms with van der Waals surface area (Å²) in [6.07, 6.45) is 5.69. The lowest BCUT2D eigenvalue weighted by atomic mass is 9.94. The second-order valence-electron chi connectivity index (χ2n) is 8.16. The zero-order valence-corrected chi connectivity index (χ0v) is 17.7. The third-order valence-electron chi connectivity index (χ3n) is 5.85. The molecule has 0 saturated carbocycles. The summed E-state index contributed by atoms with van der Waals surface area (Å²) in [7, 11) is 0. The SMILES string of the molecule is NCCCCCCC(=O)C(N)[C@@H]1C[C@@H](CC(=O)O)C(=O)N1CCCc1ccccc1. The molecule has 0 spiro atoms. The molecule has 3 atom stereocenters. The van der Waals surface area contributed by atoms with Gasteiger partial charge in [0, 0.05) is 13.0 Å². The number of Topliss-reactive ketones (excluding diaryl/α,β-unsaturated/α-hetero) is 1. The number of unbranched alkanes of at least 4 members (excludes halogenated alkanes) is 3. The van der Waals surface area contributed by atoms with Crippen LogP contribution in [0.5, 0.6) is 0 Å². The lowest BCUT2D eigenvalue weighted by Crippen LogP contribution is -2.50. The Morgan fingerprint density at radius 2 is 1.80 bits per heavy atom. The van der Waals surface area contributed by atoms with Crippen molar-refractivity contribution in [2.45, 2.75) is 69.9 Å². The van der Waals surface area contributed by atoms with Crippen molar-refractivity contribution in [2.75, 3.05) is 13.1 Å². The van der Waals surface area contributed by atoms with Crippen LogP contribution in [0.1, 0.15) is 56.9 Å². The topological polar surface area (TPSA) is 127 Å². The molecule has 0 aliphatic carbocycles. The predicted octanol–water partition coefficient (Wildman–Crippen LogP) is 2.12. The van der Waals surface area contributed by atoms with Gasteiger partial charge in [0.25, 0.3) is 0 Å². The number of carbonyl (C=O) groups is 3. The van der Waals surface area contributed by atoms with Gasteiger partial charge in [0.05, 0.1) is 24.4 Å². The van der Waals surface area contributed by atoms with Crippen molar-refractivity contribution in [1.82, 2.24) is 4.90 Å². The number of amides is 1. The smallest absolute Gasteiger partial charge is 0.304 e. The minimum absolute atomic E-state index is 0.0513. The number of aryl methyl sites for hydroxylation is 1. The van der Waals surface area contributed by atoms with E-state index in [4.69, 9.17) is 16.6 Å². The standard InChI is InChI=1S/C23H35N3O4/c24-13-7-2-1-6-12-20(27)22(25)19-15-18(16-21(28)29)23(30)26(19)14-8-11-17-9-4-3-5-10-17/h3-5,9-10,18-19,22H,1-2,6-8,11-16,24-25H2,(H,28,29)/t18-,19-,22?/m0/s1. The lowest BCUT2D eigenvalue weighted by Gasteiger charge is -2.29. The van der Waals surface area contributed by atoms with E-state index in [9.17, 15) is 14.4 Å². The minimum Gasteiger partial charge on any atom is -0.481 e. The van der Waals surface area contributed by atoms with E-state index in [-0.39, 0.29) is 18.1 Å². The van der Waals surface area contributed by atoms with Gasteiger partial charge in [0.1, 0.15) is 0 Å². The van der Waals surface area contributed by atoms with Gasteiger partial charge in [0.15, 0.2) is 5.78 Å². The van der Waals surface area contributed by atoms with Crippen LogP contribution >= 0.6 is 0 Å². The van der Waals surface area contributed by atoms with Crippen LogP contribution in [-0.4, -0.2) is 52.8 Å². The molecule has 1 heterocycles. The van der Waals surface area contributed by atoms with Gasteiger partial charge in [-0.1, -0.05) is 43.2 Å². The van der Waals surface area contributed by atoms with E-state index in [1.165, 1.54) is 5.56 Å². The molecule has 0 bridgehead atoms. The monoisotopic (exact) mass is 417 g/mol. The summed E-state index contributed by atoms with van der Waals surface area (Å²) in [4.78, 5) is 38.3. The molecule has 7 nitrogen and oxygen atoms in total. The quantitative estimate of drug-likeness (QED) is 0.398. The fourth-order valence-corrected chi connectivity index (χ4v) is 4.19. The average molecular weight is 418 g/mol. The number of nitrogens with zero attached hydrogens (tertiary/aromatic N) is 1. The molecular formula is C23H35N3O4. The highest BCUT2D eigenvalue weighted by atomic mass is 16.4. The third kappa shape index (κ3) is 7.22. The number of carboxylic acids is 1. The number of likely N-dealkylation sites (tertiary alicyclic amines) is 1. The molecule has 1 amide bonds. The lowest BCUT2D eigenvalue weighted by molar-refractivity contribution is -0.142. The van der Waals surface area contributed by atoms with Crippen LogP contribution in [0, 0.1) is 5.92 Å². The van der Waals surface area contributed by atoms with Crippen LogP contribution in [0.3, 0.4) is 0 Å².